The average molecular weight is 544 g/mol. The van der Waals surface area contributed by atoms with E-state index in [9.17, 15) is 26.3 Å². The van der Waals surface area contributed by atoms with E-state index < -0.39 is 24.3 Å². The lowest BCUT2D eigenvalue weighted by molar-refractivity contribution is -0.193. The van der Waals surface area contributed by atoms with Gasteiger partial charge in [-0.1, -0.05) is 0 Å². The van der Waals surface area contributed by atoms with Gasteiger partial charge >= 0.3 is 24.3 Å². The van der Waals surface area contributed by atoms with Crippen molar-refractivity contribution < 1.29 is 55.6 Å². The number of hydrogen-bond donors (Lipinski definition) is 2. The summed E-state index contributed by atoms with van der Waals surface area (Å²) >= 11 is 0. The number of pyridine rings is 1. The lowest BCUT2D eigenvalue weighted by Gasteiger charge is -2.33. The molecule has 0 amide bonds. The molecule has 0 unspecified atom stereocenters. The van der Waals surface area contributed by atoms with Crippen LogP contribution in [0.25, 0.3) is 0 Å². The van der Waals surface area contributed by atoms with Crippen molar-refractivity contribution in [3.63, 3.8) is 0 Å². The van der Waals surface area contributed by atoms with Crippen LogP contribution in [0.5, 0.6) is 0 Å². The van der Waals surface area contributed by atoms with Gasteiger partial charge in [0.2, 0.25) is 0 Å². The van der Waals surface area contributed by atoms with Crippen LogP contribution in [0.4, 0.5) is 26.3 Å². The van der Waals surface area contributed by atoms with Gasteiger partial charge < -0.3 is 19.7 Å². The molecule has 0 atom stereocenters. The highest BCUT2D eigenvalue weighted by Crippen LogP contribution is 2.30. The van der Waals surface area contributed by atoms with Crippen molar-refractivity contribution in [2.75, 3.05) is 32.9 Å². The van der Waals surface area contributed by atoms with Crippen LogP contribution in [0.1, 0.15) is 42.4 Å². The van der Waals surface area contributed by atoms with Crippen LogP contribution in [-0.2, 0) is 38.6 Å². The number of hydrogen-bond acceptors (Lipinski definition) is 6. The second-order valence-corrected chi connectivity index (χ2v) is 9.04. The maximum Gasteiger partial charge on any atom is 0.490 e. The Bertz CT molecular complexity index is 861. The molecule has 2 aliphatic heterocycles. The SMILES string of the molecule is O=C(O)C(F)(F)F.O=C(O)C(F)(F)F.c1ncc2c(c1COCC1CC1)CCN(CC1CCOCC1)C2. The fraction of sp³-hybridized carbons (Fsp3) is 0.696. The molecule has 210 valence electrons. The summed E-state index contributed by atoms with van der Waals surface area (Å²) in [6, 6.07) is 0. The molecule has 3 heterocycles. The number of fused-ring (bicyclic) bond motifs is 1. The highest BCUT2D eigenvalue weighted by Gasteiger charge is 2.38. The van der Waals surface area contributed by atoms with Gasteiger partial charge in [-0.15, -0.1) is 0 Å². The Kier molecular flexibility index (Phi) is 11.6. The summed E-state index contributed by atoms with van der Waals surface area (Å²) < 4.78 is 74.8. The third-order valence-corrected chi connectivity index (χ3v) is 5.96. The molecule has 4 rings (SSSR count). The van der Waals surface area contributed by atoms with Crippen molar-refractivity contribution in [2.24, 2.45) is 11.8 Å². The van der Waals surface area contributed by atoms with Crippen LogP contribution in [0, 0.1) is 11.8 Å². The molecule has 0 bridgehead atoms. The number of aliphatic carboxylic acids is 2. The van der Waals surface area contributed by atoms with E-state index in [1.54, 1.807) is 0 Å². The van der Waals surface area contributed by atoms with Crippen LogP contribution in [0.2, 0.25) is 0 Å². The minimum atomic E-state index is -5.08. The van der Waals surface area contributed by atoms with Crippen LogP contribution < -0.4 is 0 Å². The maximum atomic E-state index is 10.6. The molecule has 3 aliphatic rings. The number of carboxylic acids is 2. The van der Waals surface area contributed by atoms with Crippen molar-refractivity contribution in [1.29, 1.82) is 0 Å². The molecule has 2 N–H and O–H groups in total. The normalized spacial score (nSPS) is 18.5. The first-order chi connectivity index (χ1) is 17.3. The Morgan fingerprint density at radius 3 is 2.05 bits per heavy atom. The highest BCUT2D eigenvalue weighted by molar-refractivity contribution is 5.73. The second kappa shape index (κ2) is 13.9. The molecule has 1 saturated carbocycles. The molecular weight excluding hydrogens is 514 g/mol. The van der Waals surface area contributed by atoms with E-state index in [1.807, 2.05) is 6.20 Å². The topological polar surface area (TPSA) is 109 Å². The van der Waals surface area contributed by atoms with Gasteiger partial charge in [0, 0.05) is 51.8 Å². The smallest absolute Gasteiger partial charge is 0.475 e. The number of alkyl halides is 6. The van der Waals surface area contributed by atoms with Crippen LogP contribution in [0.3, 0.4) is 0 Å². The lowest BCUT2D eigenvalue weighted by atomic mass is 9.94. The summed E-state index contributed by atoms with van der Waals surface area (Å²) in [4.78, 5) is 24.9. The predicted molar refractivity (Wildman–Crippen MR) is 117 cm³/mol. The maximum absolute atomic E-state index is 10.6. The molecule has 8 nitrogen and oxygen atoms in total. The summed E-state index contributed by atoms with van der Waals surface area (Å²) in [6.07, 6.45) is 0.199. The minimum Gasteiger partial charge on any atom is -0.475 e. The first-order valence-electron chi connectivity index (χ1n) is 11.7. The third kappa shape index (κ3) is 11.6. The Hall–Kier alpha value is -2.45. The molecule has 1 aliphatic carbocycles. The highest BCUT2D eigenvalue weighted by atomic mass is 19.4. The van der Waals surface area contributed by atoms with Gasteiger partial charge in [0.15, 0.2) is 0 Å². The van der Waals surface area contributed by atoms with Crippen LogP contribution in [0.15, 0.2) is 12.4 Å². The number of aromatic nitrogens is 1. The third-order valence-electron chi connectivity index (χ3n) is 5.96. The van der Waals surface area contributed by atoms with Crippen LogP contribution >= 0.6 is 0 Å². The van der Waals surface area contributed by atoms with Crippen LogP contribution in [-0.4, -0.2) is 77.3 Å². The number of ether oxygens (including phenoxy) is 2. The number of carboxylic acid groups (broad SMARTS) is 2. The molecule has 1 saturated heterocycles. The zero-order chi connectivity index (χ0) is 27.6. The van der Waals surface area contributed by atoms with Gasteiger partial charge in [-0.25, -0.2) is 9.59 Å². The van der Waals surface area contributed by atoms with Gasteiger partial charge in [0.1, 0.15) is 0 Å². The number of nitrogens with zero attached hydrogens (tertiary/aromatic N) is 2. The molecule has 1 aromatic heterocycles. The van der Waals surface area contributed by atoms with Gasteiger partial charge in [-0.05, 0) is 60.6 Å². The number of carbonyl (C=O) groups is 2. The van der Waals surface area contributed by atoms with E-state index in [1.165, 1.54) is 55.5 Å². The van der Waals surface area contributed by atoms with E-state index >= 15 is 0 Å². The quantitative estimate of drug-likeness (QED) is 0.517. The van der Waals surface area contributed by atoms with E-state index in [4.69, 9.17) is 29.3 Å². The van der Waals surface area contributed by atoms with Crippen molar-refractivity contribution in [1.82, 2.24) is 9.88 Å². The van der Waals surface area contributed by atoms with E-state index in [0.29, 0.717) is 0 Å². The van der Waals surface area contributed by atoms with Gasteiger partial charge in [-0.2, -0.15) is 26.3 Å². The summed E-state index contributed by atoms with van der Waals surface area (Å²) in [5.41, 5.74) is 4.23. The van der Waals surface area contributed by atoms with Gasteiger partial charge in [0.25, 0.3) is 0 Å². The number of halogens is 6. The Labute approximate surface area is 209 Å². The van der Waals surface area contributed by atoms with Crippen molar-refractivity contribution >= 4 is 11.9 Å². The van der Waals surface area contributed by atoms with E-state index in [0.717, 1.165) is 51.2 Å². The molecule has 1 aromatic rings. The molecule has 0 radical (unpaired) electrons. The first-order valence-corrected chi connectivity index (χ1v) is 11.7. The monoisotopic (exact) mass is 544 g/mol. The Morgan fingerprint density at radius 2 is 1.54 bits per heavy atom. The predicted octanol–water partition coefficient (Wildman–Crippen LogP) is 4.06. The summed E-state index contributed by atoms with van der Waals surface area (Å²) in [5.74, 6) is -3.87. The van der Waals surface area contributed by atoms with E-state index in [-0.39, 0.29) is 0 Å². The first kappa shape index (κ1) is 30.8. The summed E-state index contributed by atoms with van der Waals surface area (Å²) in [7, 11) is 0. The van der Waals surface area contributed by atoms with Crippen molar-refractivity contribution in [2.45, 2.75) is 57.6 Å². The minimum absolute atomic E-state index is 0.743. The largest absolute Gasteiger partial charge is 0.490 e. The van der Waals surface area contributed by atoms with Gasteiger partial charge in [0.05, 0.1) is 6.61 Å². The summed E-state index contributed by atoms with van der Waals surface area (Å²) in [5, 5.41) is 14.2. The zero-order valence-corrected chi connectivity index (χ0v) is 20.0. The fourth-order valence-electron chi connectivity index (χ4n) is 3.82. The Balaban J connectivity index is 0.000000286. The molecule has 0 aromatic carbocycles. The Morgan fingerprint density at radius 1 is 0.973 bits per heavy atom. The molecule has 14 heteroatoms. The fourth-order valence-corrected chi connectivity index (χ4v) is 3.82. The average Bonchev–Trinajstić information content (AvgIpc) is 3.64. The zero-order valence-electron chi connectivity index (χ0n) is 20.0. The van der Waals surface area contributed by atoms with Crippen molar-refractivity contribution in [3.8, 4) is 0 Å². The molecule has 2 fully saturated rings. The standard InChI is InChI=1S/C19H28N2O2.2C2HF3O2/c1-2-16(1)13-23-14-18-10-20-9-17-12-21(6-3-19(17)18)11-15-4-7-22-8-5-15;2*3-2(4,5)1(6)7/h9-10,15-16H,1-8,11-14H2;2*(H,6,7). The molecule has 37 heavy (non-hydrogen) atoms. The molecule has 0 spiro atoms. The van der Waals surface area contributed by atoms with Gasteiger partial charge in [-0.3, -0.25) is 9.88 Å². The van der Waals surface area contributed by atoms with Crippen molar-refractivity contribution in [3.05, 3.63) is 29.1 Å². The summed E-state index contributed by atoms with van der Waals surface area (Å²) in [6.45, 7) is 7.00. The number of rotatable bonds is 6. The lowest BCUT2D eigenvalue weighted by Crippen LogP contribution is -2.36. The second-order valence-electron chi connectivity index (χ2n) is 9.04. The van der Waals surface area contributed by atoms with E-state index in [2.05, 4.69) is 16.1 Å². The molecular formula is C23H30F6N2O6.